The molecule has 3 N–H and O–H groups in total. The van der Waals surface area contributed by atoms with E-state index in [9.17, 15) is 4.79 Å². The molecule has 1 unspecified atom stereocenters. The summed E-state index contributed by atoms with van der Waals surface area (Å²) in [5, 5.41) is 2.99. The van der Waals surface area contributed by atoms with Crippen molar-refractivity contribution in [2.75, 3.05) is 11.9 Å². The highest BCUT2D eigenvalue weighted by Crippen LogP contribution is 2.24. The summed E-state index contributed by atoms with van der Waals surface area (Å²) in [6.45, 7) is 4.87. The molecule has 112 valence electrons. The second-order valence-corrected chi connectivity index (χ2v) is 6.09. The van der Waals surface area contributed by atoms with Crippen LogP contribution in [0.15, 0.2) is 22.7 Å². The first kappa shape index (κ1) is 17.2. The number of anilines is 1. The van der Waals surface area contributed by atoms with Crippen LogP contribution in [0.5, 0.6) is 0 Å². The average Bonchev–Trinajstić information content (AvgIpc) is 2.42. The Labute approximate surface area is 130 Å². The second kappa shape index (κ2) is 9.14. The van der Waals surface area contributed by atoms with Gasteiger partial charge in [-0.2, -0.15) is 0 Å². The number of nitrogens with one attached hydrogen (secondary N) is 1. The van der Waals surface area contributed by atoms with Crippen LogP contribution >= 0.6 is 15.9 Å². The molecule has 3 nitrogen and oxygen atoms in total. The molecular formula is C16H25BrN2O. The summed E-state index contributed by atoms with van der Waals surface area (Å²) in [6.07, 6.45) is 4.80. The Morgan fingerprint density at radius 3 is 2.75 bits per heavy atom. The van der Waals surface area contributed by atoms with Crippen LogP contribution in [0.1, 0.15) is 44.6 Å². The fourth-order valence-corrected chi connectivity index (χ4v) is 2.73. The lowest BCUT2D eigenvalue weighted by Gasteiger charge is -2.15. The molecule has 0 fully saturated rings. The third-order valence-corrected chi connectivity index (χ3v) is 4.45. The molecule has 1 atom stereocenters. The molecule has 1 amide bonds. The van der Waals surface area contributed by atoms with E-state index in [1.807, 2.05) is 25.1 Å². The highest BCUT2D eigenvalue weighted by Gasteiger charge is 2.11. The van der Waals surface area contributed by atoms with Gasteiger partial charge in [0.05, 0.1) is 0 Å². The number of rotatable bonds is 8. The minimum Gasteiger partial charge on any atom is -0.330 e. The monoisotopic (exact) mass is 340 g/mol. The van der Waals surface area contributed by atoms with Gasteiger partial charge in [-0.25, -0.2) is 0 Å². The molecule has 0 saturated heterocycles. The van der Waals surface area contributed by atoms with E-state index >= 15 is 0 Å². The summed E-state index contributed by atoms with van der Waals surface area (Å²) in [7, 11) is 0. The highest BCUT2D eigenvalue weighted by atomic mass is 79.9. The summed E-state index contributed by atoms with van der Waals surface area (Å²) >= 11 is 3.47. The van der Waals surface area contributed by atoms with Crippen LogP contribution in [-0.4, -0.2) is 12.5 Å². The van der Waals surface area contributed by atoms with E-state index in [0.717, 1.165) is 41.4 Å². The van der Waals surface area contributed by atoms with Crippen LogP contribution in [0.3, 0.4) is 0 Å². The number of carbonyl (C=O) groups is 1. The molecule has 0 heterocycles. The summed E-state index contributed by atoms with van der Waals surface area (Å²) < 4.78 is 1.02. The lowest BCUT2D eigenvalue weighted by Crippen LogP contribution is -2.16. The lowest BCUT2D eigenvalue weighted by atomic mass is 9.94. The van der Waals surface area contributed by atoms with Crippen molar-refractivity contribution in [2.24, 2.45) is 11.7 Å². The van der Waals surface area contributed by atoms with Crippen LogP contribution in [0.25, 0.3) is 0 Å². The van der Waals surface area contributed by atoms with E-state index < -0.39 is 0 Å². The third-order valence-electron chi connectivity index (χ3n) is 3.59. The number of amides is 1. The number of halogens is 1. The van der Waals surface area contributed by atoms with Crippen molar-refractivity contribution < 1.29 is 4.79 Å². The zero-order valence-electron chi connectivity index (χ0n) is 12.4. The maximum Gasteiger partial charge on any atom is 0.224 e. The quantitative estimate of drug-likeness (QED) is 0.743. The molecule has 0 aliphatic carbocycles. The fourth-order valence-electron chi connectivity index (χ4n) is 2.37. The number of benzene rings is 1. The Morgan fingerprint density at radius 2 is 2.10 bits per heavy atom. The van der Waals surface area contributed by atoms with Gasteiger partial charge in [0.25, 0.3) is 0 Å². The number of carbonyl (C=O) groups excluding carboxylic acids is 1. The molecular weight excluding hydrogens is 316 g/mol. The van der Waals surface area contributed by atoms with Gasteiger partial charge in [-0.15, -0.1) is 0 Å². The zero-order chi connectivity index (χ0) is 15.0. The van der Waals surface area contributed by atoms with Crippen LogP contribution in [-0.2, 0) is 4.79 Å². The van der Waals surface area contributed by atoms with Crippen molar-refractivity contribution in [3.05, 3.63) is 28.2 Å². The summed E-state index contributed by atoms with van der Waals surface area (Å²) in [4.78, 5) is 12.0. The van der Waals surface area contributed by atoms with Gasteiger partial charge in [0.15, 0.2) is 0 Å². The van der Waals surface area contributed by atoms with Crippen molar-refractivity contribution in [3.63, 3.8) is 0 Å². The molecule has 0 bridgehead atoms. The molecule has 0 aliphatic heterocycles. The number of hydrogen-bond donors (Lipinski definition) is 2. The number of hydrogen-bond acceptors (Lipinski definition) is 2. The molecule has 20 heavy (non-hydrogen) atoms. The van der Waals surface area contributed by atoms with E-state index in [4.69, 9.17) is 5.73 Å². The molecule has 0 aliphatic rings. The lowest BCUT2D eigenvalue weighted by molar-refractivity contribution is -0.116. The van der Waals surface area contributed by atoms with Crippen LogP contribution in [0.4, 0.5) is 5.69 Å². The van der Waals surface area contributed by atoms with Gasteiger partial charge < -0.3 is 11.1 Å². The standard InChI is InChI=1S/C16H25BrN2O/c1-3-5-13(10-11-18)8-9-16(20)19-15-7-4-6-14(17)12(15)2/h4,6-7,13H,3,5,8-11,18H2,1-2H3,(H,19,20). The Balaban J connectivity index is 2.48. The van der Waals surface area contributed by atoms with Crippen LogP contribution in [0, 0.1) is 12.8 Å². The minimum absolute atomic E-state index is 0.0873. The fraction of sp³-hybridized carbons (Fsp3) is 0.562. The van der Waals surface area contributed by atoms with E-state index in [1.54, 1.807) is 0 Å². The highest BCUT2D eigenvalue weighted by molar-refractivity contribution is 9.10. The predicted octanol–water partition coefficient (Wildman–Crippen LogP) is 4.24. The minimum atomic E-state index is 0.0873. The summed E-state index contributed by atoms with van der Waals surface area (Å²) in [5.74, 6) is 0.656. The van der Waals surface area contributed by atoms with Crippen molar-refractivity contribution in [3.8, 4) is 0 Å². The summed E-state index contributed by atoms with van der Waals surface area (Å²) in [5.41, 5.74) is 7.57. The first-order valence-electron chi connectivity index (χ1n) is 7.33. The SMILES string of the molecule is CCCC(CCN)CCC(=O)Nc1cccc(Br)c1C. The maximum absolute atomic E-state index is 12.0. The van der Waals surface area contributed by atoms with Gasteiger partial charge in [0, 0.05) is 16.6 Å². The topological polar surface area (TPSA) is 55.1 Å². The Morgan fingerprint density at radius 1 is 1.35 bits per heavy atom. The van der Waals surface area contributed by atoms with Gasteiger partial charge in [-0.05, 0) is 49.9 Å². The van der Waals surface area contributed by atoms with Crippen LogP contribution in [0.2, 0.25) is 0 Å². The molecule has 0 saturated carbocycles. The Bertz CT molecular complexity index is 428. The third kappa shape index (κ3) is 5.63. The molecule has 1 aromatic rings. The Kier molecular flexibility index (Phi) is 7.85. The molecule has 1 rings (SSSR count). The maximum atomic E-state index is 12.0. The largest absolute Gasteiger partial charge is 0.330 e. The van der Waals surface area contributed by atoms with E-state index in [2.05, 4.69) is 28.2 Å². The van der Waals surface area contributed by atoms with Gasteiger partial charge in [0.1, 0.15) is 0 Å². The van der Waals surface area contributed by atoms with E-state index in [1.165, 1.54) is 0 Å². The second-order valence-electron chi connectivity index (χ2n) is 5.23. The first-order chi connectivity index (χ1) is 9.58. The van der Waals surface area contributed by atoms with Crippen molar-refractivity contribution in [1.29, 1.82) is 0 Å². The number of nitrogens with two attached hydrogens (primary N) is 1. The predicted molar refractivity (Wildman–Crippen MR) is 88.8 cm³/mol. The average molecular weight is 341 g/mol. The molecule has 1 aromatic carbocycles. The van der Waals surface area contributed by atoms with Crippen LogP contribution < -0.4 is 11.1 Å². The molecule has 0 aromatic heterocycles. The normalized spacial score (nSPS) is 12.2. The summed E-state index contributed by atoms with van der Waals surface area (Å²) in [6, 6.07) is 5.84. The Hall–Kier alpha value is -0.870. The van der Waals surface area contributed by atoms with Crippen molar-refractivity contribution >= 4 is 27.5 Å². The van der Waals surface area contributed by atoms with Gasteiger partial charge >= 0.3 is 0 Å². The van der Waals surface area contributed by atoms with Gasteiger partial charge in [0.2, 0.25) is 5.91 Å². The molecule has 0 spiro atoms. The molecule has 0 radical (unpaired) electrons. The van der Waals surface area contributed by atoms with E-state index in [-0.39, 0.29) is 5.91 Å². The van der Waals surface area contributed by atoms with Crippen molar-refractivity contribution in [1.82, 2.24) is 0 Å². The first-order valence-corrected chi connectivity index (χ1v) is 8.12. The molecule has 4 heteroatoms. The van der Waals surface area contributed by atoms with Crippen molar-refractivity contribution in [2.45, 2.75) is 46.0 Å². The smallest absolute Gasteiger partial charge is 0.224 e. The van der Waals surface area contributed by atoms with E-state index in [0.29, 0.717) is 18.9 Å². The van der Waals surface area contributed by atoms with Gasteiger partial charge in [-0.3, -0.25) is 4.79 Å². The zero-order valence-corrected chi connectivity index (χ0v) is 14.0. The van der Waals surface area contributed by atoms with Gasteiger partial charge in [-0.1, -0.05) is 41.8 Å².